The Morgan fingerprint density at radius 1 is 0.957 bits per heavy atom. The van der Waals surface area contributed by atoms with E-state index in [0.717, 1.165) is 6.42 Å². The van der Waals surface area contributed by atoms with Crippen LogP contribution in [-0.2, 0) is 0 Å². The summed E-state index contributed by atoms with van der Waals surface area (Å²) in [7, 11) is 0. The summed E-state index contributed by atoms with van der Waals surface area (Å²) in [5.41, 5.74) is 1.81. The summed E-state index contributed by atoms with van der Waals surface area (Å²) in [6, 6.07) is 21.3. The number of aliphatic hydroxyl groups is 1. The Hall–Kier alpha value is -1.64. The van der Waals surface area contributed by atoms with Gasteiger partial charge in [0.25, 0.3) is 0 Å². The molecule has 4 atom stereocenters. The lowest BCUT2D eigenvalue weighted by Gasteiger charge is -2.49. The molecule has 0 amide bonds. The maximum absolute atomic E-state index is 11.2. The molecule has 3 rings (SSSR count). The molecule has 2 nitrogen and oxygen atoms in total. The Balaban J connectivity index is 1.99. The van der Waals surface area contributed by atoms with Crippen LogP contribution in [0.4, 0.5) is 0 Å². The van der Waals surface area contributed by atoms with Crippen molar-refractivity contribution in [2.24, 2.45) is 11.8 Å². The monoisotopic (exact) mass is 309 g/mol. The van der Waals surface area contributed by atoms with Gasteiger partial charge >= 0.3 is 0 Å². The molecule has 0 aliphatic carbocycles. The lowest BCUT2D eigenvalue weighted by atomic mass is 9.67. The minimum Gasteiger partial charge on any atom is -0.390 e. The minimum atomic E-state index is -0.694. The molecule has 0 radical (unpaired) electrons. The van der Waals surface area contributed by atoms with Gasteiger partial charge in [-0.3, -0.25) is 0 Å². The Morgan fingerprint density at radius 2 is 1.48 bits per heavy atom. The first-order valence-electron chi connectivity index (χ1n) is 8.57. The van der Waals surface area contributed by atoms with E-state index in [-0.39, 0.29) is 18.0 Å². The predicted molar refractivity (Wildman–Crippen MR) is 95.1 cm³/mol. The molecule has 1 fully saturated rings. The van der Waals surface area contributed by atoms with Crippen molar-refractivity contribution in [2.45, 2.75) is 44.9 Å². The van der Waals surface area contributed by atoms with Crippen molar-refractivity contribution in [2.75, 3.05) is 0 Å². The van der Waals surface area contributed by atoms with Crippen LogP contribution in [0.2, 0.25) is 0 Å². The van der Waals surface area contributed by atoms with Crippen molar-refractivity contribution in [3.63, 3.8) is 0 Å². The summed E-state index contributed by atoms with van der Waals surface area (Å²) < 4.78 is 0. The highest BCUT2D eigenvalue weighted by atomic mass is 16.3. The summed E-state index contributed by atoms with van der Waals surface area (Å²) in [6.07, 6.45) is 0.739. The zero-order chi connectivity index (χ0) is 16.4. The predicted octanol–water partition coefficient (Wildman–Crippen LogP) is 4.49. The number of nitrogens with one attached hydrogen (secondary N) is 1. The van der Waals surface area contributed by atoms with Crippen LogP contribution in [0.5, 0.6) is 0 Å². The highest BCUT2D eigenvalue weighted by Crippen LogP contribution is 2.46. The molecule has 0 bridgehead atoms. The van der Waals surface area contributed by atoms with E-state index in [1.165, 1.54) is 11.1 Å². The second-order valence-electron chi connectivity index (χ2n) is 7.35. The molecule has 2 N–H and O–H groups in total. The molecule has 4 unspecified atom stereocenters. The third kappa shape index (κ3) is 3.34. The molecule has 2 aromatic rings. The van der Waals surface area contributed by atoms with Crippen LogP contribution < -0.4 is 5.32 Å². The van der Waals surface area contributed by atoms with Gasteiger partial charge in [-0.05, 0) is 30.4 Å². The highest BCUT2D eigenvalue weighted by Gasteiger charge is 2.46. The van der Waals surface area contributed by atoms with Gasteiger partial charge < -0.3 is 10.4 Å². The maximum Gasteiger partial charge on any atom is 0.0686 e. The molecule has 2 aromatic carbocycles. The van der Waals surface area contributed by atoms with Gasteiger partial charge in [-0.2, -0.15) is 0 Å². The molecule has 1 heterocycles. The molecule has 23 heavy (non-hydrogen) atoms. The van der Waals surface area contributed by atoms with Gasteiger partial charge in [0.15, 0.2) is 0 Å². The topological polar surface area (TPSA) is 32.3 Å². The van der Waals surface area contributed by atoms with E-state index in [9.17, 15) is 5.11 Å². The van der Waals surface area contributed by atoms with E-state index >= 15 is 0 Å². The van der Waals surface area contributed by atoms with Crippen LogP contribution in [-0.4, -0.2) is 10.7 Å². The molecule has 1 aliphatic rings. The smallest absolute Gasteiger partial charge is 0.0686 e. The Morgan fingerprint density at radius 3 is 2.00 bits per heavy atom. The number of rotatable bonds is 3. The molecule has 1 saturated heterocycles. The van der Waals surface area contributed by atoms with E-state index < -0.39 is 5.60 Å². The third-order valence-corrected chi connectivity index (χ3v) is 5.15. The minimum absolute atomic E-state index is 0.158. The lowest BCUT2D eigenvalue weighted by molar-refractivity contribution is -0.0783. The average Bonchev–Trinajstić information content (AvgIpc) is 2.54. The van der Waals surface area contributed by atoms with Crippen molar-refractivity contribution >= 4 is 0 Å². The molecule has 0 saturated carbocycles. The van der Waals surface area contributed by atoms with Crippen molar-refractivity contribution in [1.82, 2.24) is 5.32 Å². The highest BCUT2D eigenvalue weighted by molar-refractivity contribution is 5.26. The number of piperidine rings is 1. The fourth-order valence-electron chi connectivity index (χ4n) is 4.25. The van der Waals surface area contributed by atoms with E-state index in [1.54, 1.807) is 0 Å². The van der Waals surface area contributed by atoms with E-state index in [0.29, 0.717) is 5.92 Å². The van der Waals surface area contributed by atoms with Crippen molar-refractivity contribution < 1.29 is 5.11 Å². The Labute approximate surface area is 139 Å². The number of hydrogen-bond donors (Lipinski definition) is 2. The van der Waals surface area contributed by atoms with Crippen LogP contribution in [0, 0.1) is 11.8 Å². The molecule has 2 heteroatoms. The van der Waals surface area contributed by atoms with Crippen LogP contribution >= 0.6 is 0 Å². The number of hydrogen-bond acceptors (Lipinski definition) is 2. The van der Waals surface area contributed by atoms with Gasteiger partial charge in [-0.15, -0.1) is 0 Å². The average molecular weight is 309 g/mol. The van der Waals surface area contributed by atoms with Crippen LogP contribution in [0.25, 0.3) is 0 Å². The summed E-state index contributed by atoms with van der Waals surface area (Å²) in [5, 5.41) is 15.0. The largest absolute Gasteiger partial charge is 0.390 e. The lowest BCUT2D eigenvalue weighted by Crippen LogP contribution is -2.53. The Kier molecular flexibility index (Phi) is 4.56. The quantitative estimate of drug-likeness (QED) is 0.876. The first-order valence-corrected chi connectivity index (χ1v) is 8.57. The van der Waals surface area contributed by atoms with Gasteiger partial charge in [0, 0.05) is 18.0 Å². The van der Waals surface area contributed by atoms with Gasteiger partial charge in [0.05, 0.1) is 5.60 Å². The van der Waals surface area contributed by atoms with Crippen LogP contribution in [0.15, 0.2) is 60.7 Å². The first kappa shape index (κ1) is 16.2. The molecule has 122 valence electrons. The maximum atomic E-state index is 11.2. The van der Waals surface area contributed by atoms with Crippen molar-refractivity contribution in [3.8, 4) is 0 Å². The third-order valence-electron chi connectivity index (χ3n) is 5.15. The van der Waals surface area contributed by atoms with Crippen molar-refractivity contribution in [1.29, 1.82) is 0 Å². The number of benzene rings is 2. The second kappa shape index (κ2) is 6.46. The van der Waals surface area contributed by atoms with Crippen LogP contribution in [0.1, 0.15) is 50.4 Å². The zero-order valence-electron chi connectivity index (χ0n) is 14.2. The van der Waals surface area contributed by atoms with E-state index in [4.69, 9.17) is 0 Å². The molecular weight excluding hydrogens is 282 g/mol. The SMILES string of the molecule is CC(C)C1C(c2ccccc2)NC(c2ccccc2)CC1(C)O. The summed E-state index contributed by atoms with van der Waals surface area (Å²) in [4.78, 5) is 0. The fourth-order valence-corrected chi connectivity index (χ4v) is 4.25. The summed E-state index contributed by atoms with van der Waals surface area (Å²) >= 11 is 0. The van der Waals surface area contributed by atoms with Gasteiger partial charge in [0.1, 0.15) is 0 Å². The Bertz CT molecular complexity index is 621. The van der Waals surface area contributed by atoms with Gasteiger partial charge in [-0.1, -0.05) is 74.5 Å². The summed E-state index contributed by atoms with van der Waals surface area (Å²) in [5.74, 6) is 0.587. The molecule has 0 spiro atoms. The van der Waals surface area contributed by atoms with E-state index in [2.05, 4.69) is 67.7 Å². The molecule has 0 aromatic heterocycles. The fraction of sp³-hybridized carbons (Fsp3) is 0.429. The first-order chi connectivity index (χ1) is 11.0. The summed E-state index contributed by atoms with van der Waals surface area (Å²) in [6.45, 7) is 6.42. The van der Waals surface area contributed by atoms with Crippen molar-refractivity contribution in [3.05, 3.63) is 71.8 Å². The molecule has 1 aliphatic heterocycles. The molecular formula is C21H27NO. The van der Waals surface area contributed by atoms with Gasteiger partial charge in [-0.25, -0.2) is 0 Å². The second-order valence-corrected chi connectivity index (χ2v) is 7.35. The van der Waals surface area contributed by atoms with Crippen LogP contribution in [0.3, 0.4) is 0 Å². The zero-order valence-corrected chi connectivity index (χ0v) is 14.2. The normalized spacial score (nSPS) is 31.3. The standard InChI is InChI=1S/C21H27NO/c1-15(2)19-20(17-12-8-5-9-13-17)22-18(14-21(19,3)23)16-10-6-4-7-11-16/h4-13,15,18-20,22-23H,14H2,1-3H3. The van der Waals surface area contributed by atoms with E-state index in [1.807, 2.05) is 19.1 Å². The van der Waals surface area contributed by atoms with Gasteiger partial charge in [0.2, 0.25) is 0 Å².